The molecule has 12 heteroatoms. The average Bonchev–Trinajstić information content (AvgIpc) is 3.09. The molecular weight excluding hydrogens is 464 g/mol. The highest BCUT2D eigenvalue weighted by molar-refractivity contribution is 8.02. The fourth-order valence-electron chi connectivity index (χ4n) is 2.30. The predicted octanol–water partition coefficient (Wildman–Crippen LogP) is 6.21. The Morgan fingerprint density at radius 3 is 2.67 bits per heavy atom. The highest BCUT2D eigenvalue weighted by atomic mass is 35.5. The van der Waals surface area contributed by atoms with Crippen molar-refractivity contribution < 1.29 is 22.4 Å². The normalized spacial score (nSPS) is 12.5. The summed E-state index contributed by atoms with van der Waals surface area (Å²) >= 11 is 7.80. The van der Waals surface area contributed by atoms with Crippen LogP contribution in [0.1, 0.15) is 12.5 Å². The molecule has 30 heavy (non-hydrogen) atoms. The van der Waals surface area contributed by atoms with E-state index in [4.69, 9.17) is 11.6 Å². The van der Waals surface area contributed by atoms with Crippen LogP contribution >= 0.6 is 34.7 Å². The molecule has 1 amide bonds. The Bertz CT molecular complexity index is 1060. The Hall–Kier alpha value is -2.37. The van der Waals surface area contributed by atoms with Crippen molar-refractivity contribution in [3.8, 4) is 0 Å². The van der Waals surface area contributed by atoms with E-state index in [1.807, 2.05) is 0 Å². The van der Waals surface area contributed by atoms with E-state index in [0.29, 0.717) is 15.2 Å². The number of aromatic nitrogens is 2. The molecule has 1 atom stereocenters. The van der Waals surface area contributed by atoms with Gasteiger partial charge in [0.15, 0.2) is 4.34 Å². The van der Waals surface area contributed by atoms with Gasteiger partial charge in [-0.05, 0) is 43.3 Å². The van der Waals surface area contributed by atoms with Crippen LogP contribution in [-0.2, 0) is 11.0 Å². The highest BCUT2D eigenvalue weighted by Gasteiger charge is 2.34. The van der Waals surface area contributed by atoms with Gasteiger partial charge in [-0.15, -0.1) is 10.2 Å². The molecule has 158 valence electrons. The molecule has 2 N–H and O–H groups in total. The Kier molecular flexibility index (Phi) is 6.84. The molecule has 0 aliphatic carbocycles. The van der Waals surface area contributed by atoms with E-state index in [9.17, 15) is 22.4 Å². The molecule has 1 aromatic heterocycles. The monoisotopic (exact) mass is 476 g/mol. The van der Waals surface area contributed by atoms with Gasteiger partial charge in [-0.1, -0.05) is 40.8 Å². The summed E-state index contributed by atoms with van der Waals surface area (Å²) in [6.07, 6.45) is -4.67. The number of carbonyl (C=O) groups is 1. The molecule has 0 aliphatic rings. The molecule has 0 aliphatic heterocycles. The maximum atomic E-state index is 13.2. The van der Waals surface area contributed by atoms with Crippen molar-refractivity contribution in [2.24, 2.45) is 0 Å². The third-order valence-corrected chi connectivity index (χ3v) is 5.93. The summed E-state index contributed by atoms with van der Waals surface area (Å²) in [4.78, 5) is 12.4. The van der Waals surface area contributed by atoms with Crippen LogP contribution in [0.15, 0.2) is 46.8 Å². The van der Waals surface area contributed by atoms with E-state index < -0.39 is 28.7 Å². The Balaban J connectivity index is 1.65. The zero-order valence-corrected chi connectivity index (χ0v) is 17.5. The average molecular weight is 477 g/mol. The maximum Gasteiger partial charge on any atom is 0.418 e. The van der Waals surface area contributed by atoms with Crippen molar-refractivity contribution in [3.05, 3.63) is 58.9 Å². The SMILES string of the molecule is CC(Sc1nnc(Nc2cccc(F)c2)s1)C(=O)Nc1ccc(Cl)cc1C(F)(F)F. The van der Waals surface area contributed by atoms with Crippen LogP contribution in [0.4, 0.5) is 34.1 Å². The van der Waals surface area contributed by atoms with Crippen LogP contribution in [0.5, 0.6) is 0 Å². The second-order valence-corrected chi connectivity index (χ2v) is 8.95. The first-order valence-electron chi connectivity index (χ1n) is 8.32. The lowest BCUT2D eigenvalue weighted by molar-refractivity contribution is -0.137. The minimum atomic E-state index is -4.67. The number of alkyl halides is 3. The lowest BCUT2D eigenvalue weighted by Gasteiger charge is -2.16. The van der Waals surface area contributed by atoms with Crippen molar-refractivity contribution in [3.63, 3.8) is 0 Å². The number of anilines is 3. The van der Waals surface area contributed by atoms with E-state index in [0.717, 1.165) is 35.2 Å². The molecule has 0 radical (unpaired) electrons. The van der Waals surface area contributed by atoms with Gasteiger partial charge < -0.3 is 10.6 Å². The number of rotatable bonds is 6. The van der Waals surface area contributed by atoms with E-state index in [2.05, 4.69) is 20.8 Å². The molecule has 0 spiro atoms. The van der Waals surface area contributed by atoms with E-state index in [-0.39, 0.29) is 10.7 Å². The standard InChI is InChI=1S/C18H13ClF4N4OS2/c1-9(15(28)25-14-6-5-10(19)7-13(14)18(21,22)23)29-17-27-26-16(30-17)24-12-4-2-3-11(20)8-12/h2-9H,1H3,(H,24,26)(H,25,28). The first-order valence-corrected chi connectivity index (χ1v) is 10.4. The van der Waals surface area contributed by atoms with Crippen LogP contribution in [0.2, 0.25) is 5.02 Å². The van der Waals surface area contributed by atoms with Crippen molar-refractivity contribution in [1.82, 2.24) is 10.2 Å². The van der Waals surface area contributed by atoms with Crippen LogP contribution in [0, 0.1) is 5.82 Å². The maximum absolute atomic E-state index is 13.2. The number of hydrogen-bond donors (Lipinski definition) is 2. The van der Waals surface area contributed by atoms with Crippen LogP contribution in [0.25, 0.3) is 0 Å². The van der Waals surface area contributed by atoms with Gasteiger partial charge in [-0.25, -0.2) is 4.39 Å². The lowest BCUT2D eigenvalue weighted by Crippen LogP contribution is -2.24. The summed E-state index contributed by atoms with van der Waals surface area (Å²) in [5, 5.41) is 12.6. The lowest BCUT2D eigenvalue weighted by atomic mass is 10.1. The second kappa shape index (κ2) is 9.19. The zero-order valence-electron chi connectivity index (χ0n) is 15.1. The second-order valence-electron chi connectivity index (χ2n) is 5.95. The predicted molar refractivity (Wildman–Crippen MR) is 110 cm³/mol. The van der Waals surface area contributed by atoms with Crippen LogP contribution in [-0.4, -0.2) is 21.4 Å². The summed E-state index contributed by atoms with van der Waals surface area (Å²) in [7, 11) is 0. The molecule has 0 fully saturated rings. The molecule has 0 bridgehead atoms. The third-order valence-electron chi connectivity index (χ3n) is 3.67. The van der Waals surface area contributed by atoms with Gasteiger partial charge >= 0.3 is 6.18 Å². The fourth-order valence-corrected chi connectivity index (χ4v) is 4.39. The molecule has 0 saturated heterocycles. The molecular formula is C18H13ClF4N4OS2. The summed E-state index contributed by atoms with van der Waals surface area (Å²) < 4.78 is 53.2. The summed E-state index contributed by atoms with van der Waals surface area (Å²) in [6, 6.07) is 8.90. The van der Waals surface area contributed by atoms with Gasteiger partial charge in [0.05, 0.1) is 16.5 Å². The number of thioether (sulfide) groups is 1. The van der Waals surface area contributed by atoms with Crippen LogP contribution in [0.3, 0.4) is 0 Å². The van der Waals surface area contributed by atoms with Gasteiger partial charge in [0.25, 0.3) is 0 Å². The van der Waals surface area contributed by atoms with E-state index in [1.54, 1.807) is 6.07 Å². The Morgan fingerprint density at radius 1 is 1.20 bits per heavy atom. The smallest absolute Gasteiger partial charge is 0.330 e. The minimum absolute atomic E-state index is 0.0880. The molecule has 0 saturated carbocycles. The first kappa shape index (κ1) is 22.3. The topological polar surface area (TPSA) is 66.9 Å². The summed E-state index contributed by atoms with van der Waals surface area (Å²) in [5.41, 5.74) is -0.927. The number of halogens is 5. The fraction of sp³-hybridized carbons (Fsp3) is 0.167. The molecule has 5 nitrogen and oxygen atoms in total. The third kappa shape index (κ3) is 5.83. The number of carbonyl (C=O) groups excluding carboxylic acids is 1. The van der Waals surface area contributed by atoms with E-state index >= 15 is 0 Å². The van der Waals surface area contributed by atoms with Crippen molar-refractivity contribution in [1.29, 1.82) is 0 Å². The largest absolute Gasteiger partial charge is 0.418 e. The quantitative estimate of drug-likeness (QED) is 0.327. The van der Waals surface area contributed by atoms with Gasteiger partial charge in [0, 0.05) is 10.7 Å². The Labute approximate surface area is 181 Å². The Morgan fingerprint density at radius 2 is 1.97 bits per heavy atom. The van der Waals surface area contributed by atoms with Gasteiger partial charge in [-0.2, -0.15) is 13.2 Å². The summed E-state index contributed by atoms with van der Waals surface area (Å²) in [6.45, 7) is 1.53. The molecule has 2 aromatic carbocycles. The molecule has 1 heterocycles. The van der Waals surface area contributed by atoms with Crippen molar-refractivity contribution in [2.75, 3.05) is 10.6 Å². The molecule has 1 unspecified atom stereocenters. The van der Waals surface area contributed by atoms with Crippen LogP contribution < -0.4 is 10.6 Å². The van der Waals surface area contributed by atoms with E-state index in [1.165, 1.54) is 31.2 Å². The number of hydrogen-bond acceptors (Lipinski definition) is 6. The van der Waals surface area contributed by atoms with Gasteiger partial charge in [0.1, 0.15) is 5.82 Å². The number of benzene rings is 2. The number of nitrogens with zero attached hydrogens (tertiary/aromatic N) is 2. The minimum Gasteiger partial charge on any atom is -0.330 e. The van der Waals surface area contributed by atoms with Crippen molar-refractivity contribution >= 4 is 57.1 Å². The van der Waals surface area contributed by atoms with Gasteiger partial charge in [0.2, 0.25) is 11.0 Å². The van der Waals surface area contributed by atoms with Gasteiger partial charge in [-0.3, -0.25) is 4.79 Å². The first-order chi connectivity index (χ1) is 14.1. The molecule has 3 aromatic rings. The molecule has 3 rings (SSSR count). The summed E-state index contributed by atoms with van der Waals surface area (Å²) in [5.74, 6) is -1.05. The number of nitrogens with one attached hydrogen (secondary N) is 2. The number of amides is 1. The zero-order chi connectivity index (χ0) is 21.9. The van der Waals surface area contributed by atoms with Crippen molar-refractivity contribution in [2.45, 2.75) is 22.7 Å². The highest BCUT2D eigenvalue weighted by Crippen LogP contribution is 2.37.